The molecule has 1 aliphatic carbocycles. The molecule has 0 spiro atoms. The van der Waals surface area contributed by atoms with Gasteiger partial charge < -0.3 is 28.5 Å². The average Bonchev–Trinajstić information content (AvgIpc) is 3.66. The molecule has 1 amide bonds. The van der Waals surface area contributed by atoms with E-state index < -0.39 is 70.8 Å². The van der Waals surface area contributed by atoms with E-state index >= 15 is 0 Å². The first kappa shape index (κ1) is 43.6. The third kappa shape index (κ3) is 9.44. The number of piperidine rings is 1. The van der Waals surface area contributed by atoms with Gasteiger partial charge in [-0.1, -0.05) is 31.5 Å². The minimum Gasteiger partial charge on any atom is -0.493 e. The third-order valence-corrected chi connectivity index (χ3v) is 13.5. The van der Waals surface area contributed by atoms with Gasteiger partial charge in [0.25, 0.3) is 5.91 Å². The fraction of sp³-hybridized carbons (Fsp3) is 0.553. The largest absolute Gasteiger partial charge is 0.493 e. The Morgan fingerprint density at radius 1 is 1.04 bits per heavy atom. The Bertz CT molecular complexity index is 1870. The van der Waals surface area contributed by atoms with Crippen molar-refractivity contribution in [1.29, 1.82) is 0 Å². The highest BCUT2D eigenvalue weighted by atomic mass is 32.1. The number of alkyl halides is 6. The maximum atomic E-state index is 15.0. The van der Waals surface area contributed by atoms with Crippen molar-refractivity contribution in [3.05, 3.63) is 75.7 Å². The van der Waals surface area contributed by atoms with Gasteiger partial charge in [0.05, 0.1) is 35.5 Å². The second kappa shape index (κ2) is 17.6. The lowest BCUT2D eigenvalue weighted by Crippen LogP contribution is -2.66. The van der Waals surface area contributed by atoms with E-state index in [9.17, 15) is 45.6 Å². The number of Topliss-reactive ketones (excluding diaryl/α,β-unsaturated/α-hetero) is 1. The lowest BCUT2D eigenvalue weighted by Gasteiger charge is -2.50. The normalized spacial score (nSPS) is 23.5. The molecule has 1 N–H and O–H groups in total. The number of benzene rings is 1. The summed E-state index contributed by atoms with van der Waals surface area (Å²) in [6, 6.07) is 7.20. The van der Waals surface area contributed by atoms with Crippen LogP contribution in [-0.2, 0) is 36.4 Å². The standard InChI is InChI=1S/C38H45F6N2O8PS/c1-4-9-31-36(54-26-22-32(56-24-26)38(42,43)44,15-7-19-46(31)34(48)27-23-45-18-14-28(27)37(39,40)41)33(47)25-12-16-35(49,17-13-25)29-10-5-6-11-30(29)53-20-8-21-55(50,51-2)52-3/h5-6,10-11,14,18,22-25,31,49H,4,7-9,12-13,15-17,19-21H2,1-3H3/t25?,31-,35?,36+/m1/s1. The number of ketones is 1. The summed E-state index contributed by atoms with van der Waals surface area (Å²) in [6.07, 6.45) is -6.41. The van der Waals surface area contributed by atoms with Gasteiger partial charge in [-0.25, -0.2) is 0 Å². The van der Waals surface area contributed by atoms with Gasteiger partial charge in [-0.15, -0.1) is 11.3 Å². The SMILES string of the molecule is CCC[C@H]1N(C(=O)c2cnccc2C(F)(F)F)CCC[C@@]1(Oc1csc(C(F)(F)F)c1)C(=O)C1CCC(O)(c2ccccc2OCCCP(=O)(OC)OC)CC1. The number of amides is 1. The number of nitrogens with zero attached hydrogens (tertiary/aromatic N) is 2. The lowest BCUT2D eigenvalue weighted by molar-refractivity contribution is -0.153. The number of hydrogen-bond donors (Lipinski definition) is 1. The number of pyridine rings is 1. The van der Waals surface area contributed by atoms with Crippen LogP contribution < -0.4 is 9.47 Å². The maximum Gasteiger partial charge on any atom is 0.425 e. The van der Waals surface area contributed by atoms with Gasteiger partial charge >= 0.3 is 19.9 Å². The predicted molar refractivity (Wildman–Crippen MR) is 195 cm³/mol. The highest BCUT2D eigenvalue weighted by Crippen LogP contribution is 2.49. The van der Waals surface area contributed by atoms with Crippen LogP contribution in [0.25, 0.3) is 0 Å². The van der Waals surface area contributed by atoms with Crippen LogP contribution in [0.4, 0.5) is 26.3 Å². The van der Waals surface area contributed by atoms with Crippen LogP contribution in [0, 0.1) is 5.92 Å². The first-order valence-electron chi connectivity index (χ1n) is 18.3. The zero-order valence-corrected chi connectivity index (χ0v) is 32.9. The Morgan fingerprint density at radius 3 is 2.36 bits per heavy atom. The number of halogens is 6. The van der Waals surface area contributed by atoms with E-state index in [-0.39, 0.29) is 70.0 Å². The molecule has 5 rings (SSSR count). The van der Waals surface area contributed by atoms with Crippen molar-refractivity contribution < 1.29 is 64.1 Å². The summed E-state index contributed by atoms with van der Waals surface area (Å²) in [6.45, 7) is 1.88. The van der Waals surface area contributed by atoms with Crippen LogP contribution >= 0.6 is 18.9 Å². The monoisotopic (exact) mass is 834 g/mol. The zero-order valence-electron chi connectivity index (χ0n) is 31.2. The minimum atomic E-state index is -4.89. The minimum absolute atomic E-state index is 0.00679. The number of hydrogen-bond acceptors (Lipinski definition) is 10. The van der Waals surface area contributed by atoms with Gasteiger partial charge in [-0.2, -0.15) is 26.3 Å². The number of rotatable bonds is 15. The molecule has 2 aromatic heterocycles. The summed E-state index contributed by atoms with van der Waals surface area (Å²) in [7, 11) is -0.667. The first-order chi connectivity index (χ1) is 26.4. The molecular weight excluding hydrogens is 789 g/mol. The van der Waals surface area contributed by atoms with Crippen molar-refractivity contribution in [2.24, 2.45) is 5.92 Å². The summed E-state index contributed by atoms with van der Waals surface area (Å²) in [5, 5.41) is 13.1. The van der Waals surface area contributed by atoms with Crippen molar-refractivity contribution >= 4 is 30.6 Å². The van der Waals surface area contributed by atoms with Crippen molar-refractivity contribution in [1.82, 2.24) is 9.88 Å². The van der Waals surface area contributed by atoms with Crippen LogP contribution in [0.5, 0.6) is 11.5 Å². The Morgan fingerprint density at radius 2 is 1.73 bits per heavy atom. The highest BCUT2D eigenvalue weighted by molar-refractivity contribution is 7.53. The van der Waals surface area contributed by atoms with E-state index in [4.69, 9.17) is 18.5 Å². The molecule has 1 saturated heterocycles. The van der Waals surface area contributed by atoms with Gasteiger partial charge in [0.15, 0.2) is 11.4 Å². The first-order valence-corrected chi connectivity index (χ1v) is 20.9. The van der Waals surface area contributed by atoms with Gasteiger partial charge in [0.1, 0.15) is 16.4 Å². The molecule has 2 aliphatic rings. The van der Waals surface area contributed by atoms with Crippen LogP contribution in [0.1, 0.15) is 91.1 Å². The molecule has 10 nitrogen and oxygen atoms in total. The summed E-state index contributed by atoms with van der Waals surface area (Å²) in [4.78, 5) is 33.0. The molecule has 1 aromatic carbocycles. The number of carbonyl (C=O) groups excluding carboxylic acids is 2. The molecule has 56 heavy (non-hydrogen) atoms. The number of aliphatic hydroxyl groups is 1. The predicted octanol–water partition coefficient (Wildman–Crippen LogP) is 9.31. The van der Waals surface area contributed by atoms with Gasteiger partial charge in [0.2, 0.25) is 0 Å². The van der Waals surface area contributed by atoms with E-state index in [0.29, 0.717) is 41.6 Å². The number of para-hydroxylation sites is 1. The molecule has 308 valence electrons. The van der Waals surface area contributed by atoms with Crippen LogP contribution in [0.3, 0.4) is 0 Å². The van der Waals surface area contributed by atoms with E-state index in [0.717, 1.165) is 23.8 Å². The number of thiophene rings is 1. The number of ether oxygens (including phenoxy) is 2. The highest BCUT2D eigenvalue weighted by Gasteiger charge is 2.56. The summed E-state index contributed by atoms with van der Waals surface area (Å²) in [5.41, 5.74) is -4.79. The van der Waals surface area contributed by atoms with Crippen molar-refractivity contribution in [2.75, 3.05) is 33.5 Å². The molecule has 3 aromatic rings. The van der Waals surface area contributed by atoms with E-state index in [1.807, 2.05) is 0 Å². The fourth-order valence-electron chi connectivity index (χ4n) is 7.79. The molecule has 0 radical (unpaired) electrons. The Hall–Kier alpha value is -3.50. The van der Waals surface area contributed by atoms with Gasteiger partial charge in [-0.3, -0.25) is 19.1 Å². The molecular formula is C38H45F6N2O8PS. The van der Waals surface area contributed by atoms with Gasteiger partial charge in [0, 0.05) is 56.1 Å². The van der Waals surface area contributed by atoms with Crippen LogP contribution in [0.15, 0.2) is 54.2 Å². The maximum absolute atomic E-state index is 15.0. The molecule has 2 fully saturated rings. The quantitative estimate of drug-likeness (QED) is 0.0907. The lowest BCUT2D eigenvalue weighted by atomic mass is 9.68. The Kier molecular flexibility index (Phi) is 13.7. The smallest absolute Gasteiger partial charge is 0.425 e. The average molecular weight is 835 g/mol. The molecule has 0 unspecified atom stereocenters. The summed E-state index contributed by atoms with van der Waals surface area (Å²) < 4.78 is 118. The molecule has 18 heteroatoms. The fourth-order valence-corrected chi connectivity index (χ4v) is 9.50. The van der Waals surface area contributed by atoms with Crippen molar-refractivity contribution in [3.8, 4) is 11.5 Å². The molecule has 3 heterocycles. The van der Waals surface area contributed by atoms with E-state index in [1.165, 1.54) is 19.1 Å². The molecule has 0 bridgehead atoms. The number of likely N-dealkylation sites (tertiary alicyclic amines) is 1. The third-order valence-electron chi connectivity index (χ3n) is 10.6. The second-order valence-electron chi connectivity index (χ2n) is 14.0. The van der Waals surface area contributed by atoms with Gasteiger partial charge in [-0.05, 0) is 63.5 Å². The topological polar surface area (TPSA) is 124 Å². The summed E-state index contributed by atoms with van der Waals surface area (Å²) >= 11 is 0.377. The molecule has 1 saturated carbocycles. The van der Waals surface area contributed by atoms with E-state index in [2.05, 4.69) is 4.98 Å². The zero-order chi connectivity index (χ0) is 40.9. The van der Waals surface area contributed by atoms with Crippen molar-refractivity contribution in [2.45, 2.75) is 94.3 Å². The van der Waals surface area contributed by atoms with Crippen LogP contribution in [0.2, 0.25) is 0 Å². The number of aromatic nitrogens is 1. The van der Waals surface area contributed by atoms with Crippen molar-refractivity contribution in [3.63, 3.8) is 0 Å². The summed E-state index contributed by atoms with van der Waals surface area (Å²) in [5.74, 6) is -2.15. The second-order valence-corrected chi connectivity index (χ2v) is 17.3. The Labute approximate surface area is 325 Å². The van der Waals surface area contributed by atoms with E-state index in [1.54, 1.807) is 31.2 Å². The van der Waals surface area contributed by atoms with Crippen LogP contribution in [-0.4, -0.2) is 71.9 Å². The molecule has 1 aliphatic heterocycles. The number of carbonyl (C=O) groups is 2. The Balaban J connectivity index is 1.44. The molecule has 2 atom stereocenters.